The second-order valence-electron chi connectivity index (χ2n) is 5.61. The number of hydrogen-bond donors (Lipinski definition) is 1. The topological polar surface area (TPSA) is 57.4 Å². The van der Waals surface area contributed by atoms with E-state index in [-0.39, 0.29) is 11.2 Å². The lowest BCUT2D eigenvalue weighted by molar-refractivity contribution is -0.437. The Bertz CT molecular complexity index is 705. The molecule has 0 unspecified atom stereocenters. The van der Waals surface area contributed by atoms with E-state index >= 15 is 0 Å². The van der Waals surface area contributed by atoms with Crippen molar-refractivity contribution in [3.63, 3.8) is 0 Å². The average Bonchev–Trinajstić information content (AvgIpc) is 2.60. The fraction of sp³-hybridized carbons (Fsp3) is 0.400. The van der Waals surface area contributed by atoms with Crippen molar-refractivity contribution in [2.45, 2.75) is 25.7 Å². The van der Waals surface area contributed by atoms with E-state index in [0.717, 1.165) is 11.4 Å². The van der Waals surface area contributed by atoms with Gasteiger partial charge >= 0.3 is 0 Å². The smallest absolute Gasteiger partial charge is 0.265 e. The van der Waals surface area contributed by atoms with Gasteiger partial charge in [-0.15, -0.1) is 0 Å². The van der Waals surface area contributed by atoms with Crippen LogP contribution in [-0.4, -0.2) is 35.6 Å². The summed E-state index contributed by atoms with van der Waals surface area (Å²) in [6.07, 6.45) is 2.45. The first kappa shape index (κ1) is 16.6. The van der Waals surface area contributed by atoms with Crippen molar-refractivity contribution in [3.8, 4) is 0 Å². The summed E-state index contributed by atoms with van der Waals surface area (Å²) >= 11 is 2.19. The van der Waals surface area contributed by atoms with Gasteiger partial charge in [-0.1, -0.05) is 40.8 Å². The molecule has 0 bridgehead atoms. The third-order valence-corrected chi connectivity index (χ3v) is 4.97. The number of fused-ring (bicyclic) bond motifs is 1. The van der Waals surface area contributed by atoms with Gasteiger partial charge in [-0.25, -0.2) is 0 Å². The first-order valence-corrected chi connectivity index (χ1v) is 9.59. The van der Waals surface area contributed by atoms with Crippen LogP contribution in [-0.2, 0) is 15.5 Å². The minimum absolute atomic E-state index is 0.115. The quantitative estimate of drug-likeness (QED) is 0.452. The lowest BCUT2D eigenvalue weighted by atomic mass is 9.82. The second kappa shape index (κ2) is 6.18. The summed E-state index contributed by atoms with van der Waals surface area (Å²) in [5.41, 5.74) is 3.38. The number of benzene rings is 1. The number of halogens is 1. The highest BCUT2D eigenvalue weighted by Gasteiger charge is 2.43. The lowest BCUT2D eigenvalue weighted by Crippen LogP contribution is -2.28. The molecule has 0 spiro atoms. The first-order chi connectivity index (χ1) is 9.77. The van der Waals surface area contributed by atoms with E-state index in [1.54, 1.807) is 0 Å². The molecule has 1 heterocycles. The summed E-state index contributed by atoms with van der Waals surface area (Å²) in [6.45, 7) is 4.90. The van der Waals surface area contributed by atoms with E-state index in [2.05, 4.69) is 59.2 Å². The molecule has 0 atom stereocenters. The number of hydrogen-bond acceptors (Lipinski definition) is 2. The molecule has 21 heavy (non-hydrogen) atoms. The van der Waals surface area contributed by atoms with Gasteiger partial charge in [-0.05, 0) is 17.9 Å². The number of nitrogens with zero attached hydrogens (tertiary/aromatic N) is 1. The van der Waals surface area contributed by atoms with Crippen LogP contribution in [0.4, 0.5) is 5.69 Å². The van der Waals surface area contributed by atoms with Crippen molar-refractivity contribution in [2.75, 3.05) is 12.3 Å². The predicted molar refractivity (Wildman–Crippen MR) is 93.5 cm³/mol. The third-order valence-electron chi connectivity index (χ3n) is 3.80. The Balaban J connectivity index is 2.40. The zero-order valence-corrected chi connectivity index (χ0v) is 15.1. The first-order valence-electron chi connectivity index (χ1n) is 6.74. The van der Waals surface area contributed by atoms with Gasteiger partial charge in [-0.2, -0.15) is 13.0 Å². The molecule has 6 heteroatoms. The normalized spacial score (nSPS) is 17.5. The van der Waals surface area contributed by atoms with E-state index in [4.69, 9.17) is 4.55 Å². The van der Waals surface area contributed by atoms with E-state index in [1.165, 1.54) is 5.56 Å². The predicted octanol–water partition coefficient (Wildman–Crippen LogP) is 3.29. The number of para-hydroxylation sites is 1. The van der Waals surface area contributed by atoms with E-state index in [9.17, 15) is 8.42 Å². The Morgan fingerprint density at radius 1 is 1.33 bits per heavy atom. The van der Waals surface area contributed by atoms with Gasteiger partial charge in [0.15, 0.2) is 5.71 Å². The molecule has 0 radical (unpaired) electrons. The fourth-order valence-electron chi connectivity index (χ4n) is 2.85. The fourth-order valence-corrected chi connectivity index (χ4v) is 3.68. The van der Waals surface area contributed by atoms with Crippen molar-refractivity contribution in [1.29, 1.82) is 0 Å². The van der Waals surface area contributed by atoms with Gasteiger partial charge in [0.05, 0.1) is 11.2 Å². The summed E-state index contributed by atoms with van der Waals surface area (Å²) in [5, 5.41) is 0. The number of rotatable bonds is 5. The van der Waals surface area contributed by atoms with Crippen LogP contribution in [0.1, 0.15) is 25.8 Å². The summed E-state index contributed by atoms with van der Waals surface area (Å²) < 4.78 is 34.8. The summed E-state index contributed by atoms with van der Waals surface area (Å²) in [7, 11) is -3.91. The zero-order chi connectivity index (χ0) is 15.7. The van der Waals surface area contributed by atoms with Crippen molar-refractivity contribution >= 4 is 44.1 Å². The highest BCUT2D eigenvalue weighted by molar-refractivity contribution is 14.1. The largest absolute Gasteiger partial charge is 0.286 e. The molecule has 0 saturated heterocycles. The summed E-state index contributed by atoms with van der Waals surface area (Å²) in [5.74, 6) is -0.215. The molecular weight excluding hydrogens is 401 g/mol. The van der Waals surface area contributed by atoms with Crippen LogP contribution in [0.25, 0.3) is 0 Å². The molecule has 2 rings (SSSR count). The van der Waals surface area contributed by atoms with Gasteiger partial charge in [0, 0.05) is 24.1 Å². The molecule has 1 aliphatic rings. The van der Waals surface area contributed by atoms with Crippen molar-refractivity contribution in [2.24, 2.45) is 0 Å². The van der Waals surface area contributed by atoms with Crippen molar-refractivity contribution < 1.29 is 17.5 Å². The van der Waals surface area contributed by atoms with E-state index in [1.807, 2.05) is 16.2 Å². The summed E-state index contributed by atoms with van der Waals surface area (Å²) in [6, 6.07) is 8.17. The van der Waals surface area contributed by atoms with Crippen molar-refractivity contribution in [3.05, 3.63) is 40.0 Å². The van der Waals surface area contributed by atoms with Crippen LogP contribution in [0, 0.1) is 0 Å². The third kappa shape index (κ3) is 3.54. The minimum Gasteiger partial charge on any atom is -0.286 e. The molecule has 0 amide bonds. The Morgan fingerprint density at radius 2 is 2.00 bits per heavy atom. The van der Waals surface area contributed by atoms with Crippen LogP contribution in [0.3, 0.4) is 0 Å². The standard InChI is InChI=1S/C15H18INO3S/c1-15(2)12-6-3-4-7-13(12)17(14(15)8-9-16)10-5-11-21(18,19)20/h3-4,6-9H,5,10-11H2,1-2H3/p+1/b9-8+. The van der Waals surface area contributed by atoms with Crippen LogP contribution < -0.4 is 0 Å². The summed E-state index contributed by atoms with van der Waals surface area (Å²) in [4.78, 5) is 0. The molecule has 114 valence electrons. The molecule has 0 aliphatic carbocycles. The van der Waals surface area contributed by atoms with Crippen molar-refractivity contribution in [1.82, 2.24) is 0 Å². The molecule has 0 saturated carbocycles. The van der Waals surface area contributed by atoms with Gasteiger partial charge < -0.3 is 0 Å². The molecule has 1 aliphatic heterocycles. The molecule has 0 aromatic heterocycles. The molecule has 4 nitrogen and oxygen atoms in total. The second-order valence-corrected chi connectivity index (χ2v) is 7.90. The highest BCUT2D eigenvalue weighted by Crippen LogP contribution is 2.39. The lowest BCUT2D eigenvalue weighted by Gasteiger charge is -2.14. The maximum atomic E-state index is 10.9. The van der Waals surface area contributed by atoms with Gasteiger partial charge in [-0.3, -0.25) is 4.55 Å². The SMILES string of the molecule is CC1(C)C(/C=C/I)=[N+](CCCS(=O)(=O)O)c2ccccc21. The molecule has 1 aromatic carbocycles. The van der Waals surface area contributed by atoms with Crippen LogP contribution >= 0.6 is 22.6 Å². The van der Waals surface area contributed by atoms with Gasteiger partial charge in [0.1, 0.15) is 6.54 Å². The van der Waals surface area contributed by atoms with Crippen LogP contribution in [0.5, 0.6) is 0 Å². The Labute approximate surface area is 139 Å². The molecule has 1 aromatic rings. The zero-order valence-electron chi connectivity index (χ0n) is 12.1. The van der Waals surface area contributed by atoms with E-state index in [0.29, 0.717) is 13.0 Å². The van der Waals surface area contributed by atoms with E-state index < -0.39 is 10.1 Å². The Morgan fingerprint density at radius 3 is 2.62 bits per heavy atom. The molecule has 0 fully saturated rings. The highest BCUT2D eigenvalue weighted by atomic mass is 127. The maximum Gasteiger partial charge on any atom is 0.265 e. The monoisotopic (exact) mass is 420 g/mol. The minimum atomic E-state index is -3.91. The van der Waals surface area contributed by atoms with Crippen LogP contribution in [0.2, 0.25) is 0 Å². The van der Waals surface area contributed by atoms with Gasteiger partial charge in [0.2, 0.25) is 5.69 Å². The number of allylic oxidation sites excluding steroid dienone is 1. The Hall–Kier alpha value is -0.730. The Kier molecular flexibility index (Phi) is 4.89. The molecule has 1 N–H and O–H groups in total. The van der Waals surface area contributed by atoms with Gasteiger partial charge in [0.25, 0.3) is 10.1 Å². The molecular formula is C15H19INO3S+. The van der Waals surface area contributed by atoms with Crippen LogP contribution in [0.15, 0.2) is 34.4 Å². The average molecular weight is 420 g/mol. The maximum absolute atomic E-state index is 10.9.